The van der Waals surface area contributed by atoms with Gasteiger partial charge >= 0.3 is 0 Å². The van der Waals surface area contributed by atoms with Gasteiger partial charge in [0.1, 0.15) is 5.75 Å². The Hall–Kier alpha value is -1.66. The molecule has 2 saturated heterocycles. The number of amides is 1. The maximum absolute atomic E-state index is 13.0. The molecule has 0 aromatic carbocycles. The van der Waals surface area contributed by atoms with Crippen LogP contribution in [0.1, 0.15) is 29.6 Å². The lowest BCUT2D eigenvalue weighted by Crippen LogP contribution is -2.61. The molecule has 1 amide bonds. The summed E-state index contributed by atoms with van der Waals surface area (Å²) in [4.78, 5) is 21.5. The molecule has 0 spiro atoms. The van der Waals surface area contributed by atoms with E-state index in [0.29, 0.717) is 17.4 Å². The number of likely N-dealkylation sites (tertiary alicyclic amines) is 1. The maximum atomic E-state index is 13.0. The van der Waals surface area contributed by atoms with Gasteiger partial charge in [0.2, 0.25) is 0 Å². The monoisotopic (exact) mass is 331 g/mol. The lowest BCUT2D eigenvalue weighted by Gasteiger charge is -2.47. The summed E-state index contributed by atoms with van der Waals surface area (Å²) < 4.78 is 11.3. The van der Waals surface area contributed by atoms with Crippen molar-refractivity contribution in [1.82, 2.24) is 14.8 Å². The summed E-state index contributed by atoms with van der Waals surface area (Å²) in [5.41, 5.74) is 0.594. The van der Waals surface area contributed by atoms with E-state index in [-0.39, 0.29) is 12.0 Å². The van der Waals surface area contributed by atoms with E-state index >= 15 is 0 Å². The van der Waals surface area contributed by atoms with Gasteiger partial charge in [-0.2, -0.15) is 0 Å². The van der Waals surface area contributed by atoms with Crippen molar-refractivity contribution in [2.24, 2.45) is 5.92 Å². The van der Waals surface area contributed by atoms with E-state index in [2.05, 4.69) is 9.88 Å². The molecule has 3 heterocycles. The highest BCUT2D eigenvalue weighted by Gasteiger charge is 2.40. The van der Waals surface area contributed by atoms with Crippen molar-refractivity contribution in [1.29, 1.82) is 0 Å². The minimum Gasteiger partial charge on any atom is -0.494 e. The summed E-state index contributed by atoms with van der Waals surface area (Å²) in [7, 11) is 1.58. The van der Waals surface area contributed by atoms with Crippen molar-refractivity contribution in [3.63, 3.8) is 0 Å². The SMILES string of the molecule is COc1cnccc1C(=O)N1CC[C@@H]2OCCN(CC3CC3)[C@H]2C1. The number of morpholine rings is 1. The van der Waals surface area contributed by atoms with Crippen LogP contribution in [0.3, 0.4) is 0 Å². The largest absolute Gasteiger partial charge is 0.494 e. The molecule has 0 bridgehead atoms. The van der Waals surface area contributed by atoms with Crippen LogP contribution in [-0.4, -0.2) is 72.7 Å². The number of fused-ring (bicyclic) bond motifs is 1. The molecule has 1 aliphatic carbocycles. The topological polar surface area (TPSA) is 54.9 Å². The van der Waals surface area contributed by atoms with Crippen LogP contribution in [0.5, 0.6) is 5.75 Å². The van der Waals surface area contributed by atoms with Crippen molar-refractivity contribution in [2.45, 2.75) is 31.4 Å². The second-order valence-electron chi connectivity index (χ2n) is 7.03. The summed E-state index contributed by atoms with van der Waals surface area (Å²) in [6.07, 6.45) is 7.12. The molecule has 1 aromatic heterocycles. The Morgan fingerprint density at radius 2 is 2.25 bits per heavy atom. The first-order valence-electron chi connectivity index (χ1n) is 8.89. The first kappa shape index (κ1) is 15.8. The number of methoxy groups -OCH3 is 1. The molecule has 2 atom stereocenters. The Labute approximate surface area is 142 Å². The summed E-state index contributed by atoms with van der Waals surface area (Å²) >= 11 is 0. The van der Waals surface area contributed by atoms with E-state index in [9.17, 15) is 4.79 Å². The fourth-order valence-electron chi connectivity index (χ4n) is 3.88. The number of nitrogens with zero attached hydrogens (tertiary/aromatic N) is 3. The highest BCUT2D eigenvalue weighted by atomic mass is 16.5. The summed E-state index contributed by atoms with van der Waals surface area (Å²) in [6.45, 7) is 4.44. The van der Waals surface area contributed by atoms with Gasteiger partial charge in [-0.05, 0) is 31.2 Å². The maximum Gasteiger partial charge on any atom is 0.257 e. The molecule has 0 N–H and O–H groups in total. The molecule has 6 nitrogen and oxygen atoms in total. The molecule has 4 rings (SSSR count). The average molecular weight is 331 g/mol. The number of hydrogen-bond acceptors (Lipinski definition) is 5. The molecule has 1 saturated carbocycles. The molecule has 130 valence electrons. The number of carbonyl (C=O) groups excluding carboxylic acids is 1. The second kappa shape index (κ2) is 6.69. The van der Waals surface area contributed by atoms with Crippen molar-refractivity contribution in [2.75, 3.05) is 39.9 Å². The molecule has 24 heavy (non-hydrogen) atoms. The number of ether oxygens (including phenoxy) is 2. The molecule has 6 heteroatoms. The normalized spacial score (nSPS) is 27.6. The predicted octanol–water partition coefficient (Wildman–Crippen LogP) is 1.42. The second-order valence-corrected chi connectivity index (χ2v) is 7.03. The van der Waals surface area contributed by atoms with E-state index < -0.39 is 0 Å². The molecule has 0 unspecified atom stereocenters. The molecule has 3 aliphatic rings. The van der Waals surface area contributed by atoms with Crippen LogP contribution >= 0.6 is 0 Å². The minimum absolute atomic E-state index is 0.0321. The van der Waals surface area contributed by atoms with Crippen LogP contribution in [0.2, 0.25) is 0 Å². The summed E-state index contributed by atoms with van der Waals surface area (Å²) in [6, 6.07) is 2.07. The fraction of sp³-hybridized carbons (Fsp3) is 0.667. The molecule has 0 radical (unpaired) electrons. The third-order valence-corrected chi connectivity index (χ3v) is 5.41. The minimum atomic E-state index is 0.0321. The van der Waals surface area contributed by atoms with Gasteiger partial charge in [0, 0.05) is 32.4 Å². The highest BCUT2D eigenvalue weighted by molar-refractivity contribution is 5.96. The van der Waals surface area contributed by atoms with E-state index in [1.807, 2.05) is 4.90 Å². The zero-order chi connectivity index (χ0) is 16.5. The Morgan fingerprint density at radius 3 is 3.04 bits per heavy atom. The Kier molecular flexibility index (Phi) is 4.41. The zero-order valence-corrected chi connectivity index (χ0v) is 14.2. The van der Waals surface area contributed by atoms with Gasteiger partial charge in [0.15, 0.2) is 0 Å². The van der Waals surface area contributed by atoms with Crippen molar-refractivity contribution in [3.8, 4) is 5.75 Å². The first-order chi connectivity index (χ1) is 11.8. The molecular formula is C18H25N3O3. The molecular weight excluding hydrogens is 306 g/mol. The quantitative estimate of drug-likeness (QED) is 0.835. The van der Waals surface area contributed by atoms with E-state index in [4.69, 9.17) is 9.47 Å². The third kappa shape index (κ3) is 3.13. The van der Waals surface area contributed by atoms with E-state index in [1.165, 1.54) is 12.8 Å². The highest BCUT2D eigenvalue weighted by Crippen LogP contribution is 2.33. The van der Waals surface area contributed by atoms with Crippen LogP contribution in [0.25, 0.3) is 0 Å². The Bertz CT molecular complexity index is 605. The number of pyridine rings is 1. The number of hydrogen-bond donors (Lipinski definition) is 0. The lowest BCUT2D eigenvalue weighted by atomic mass is 9.97. The first-order valence-corrected chi connectivity index (χ1v) is 8.89. The molecule has 3 fully saturated rings. The fourth-order valence-corrected chi connectivity index (χ4v) is 3.88. The van der Waals surface area contributed by atoms with Crippen molar-refractivity contribution >= 4 is 5.91 Å². The van der Waals surface area contributed by atoms with Crippen molar-refractivity contribution < 1.29 is 14.3 Å². The number of carbonyl (C=O) groups is 1. The molecule has 2 aliphatic heterocycles. The van der Waals surface area contributed by atoms with Crippen molar-refractivity contribution in [3.05, 3.63) is 24.0 Å². The number of piperidine rings is 1. The van der Waals surface area contributed by atoms with Gasteiger partial charge in [-0.25, -0.2) is 0 Å². The van der Waals surface area contributed by atoms with Gasteiger partial charge in [-0.15, -0.1) is 0 Å². The number of rotatable bonds is 4. The number of aromatic nitrogens is 1. The smallest absolute Gasteiger partial charge is 0.257 e. The van der Waals surface area contributed by atoms with Gasteiger partial charge in [-0.1, -0.05) is 0 Å². The van der Waals surface area contributed by atoms with Gasteiger partial charge in [-0.3, -0.25) is 14.7 Å². The van der Waals surface area contributed by atoms with Gasteiger partial charge < -0.3 is 14.4 Å². The molecule has 1 aromatic rings. The average Bonchev–Trinajstić information content (AvgIpc) is 3.45. The third-order valence-electron chi connectivity index (χ3n) is 5.41. The predicted molar refractivity (Wildman–Crippen MR) is 89.1 cm³/mol. The van der Waals surface area contributed by atoms with Gasteiger partial charge in [0.05, 0.1) is 37.6 Å². The van der Waals surface area contributed by atoms with Crippen LogP contribution in [0.15, 0.2) is 18.5 Å². The van der Waals surface area contributed by atoms with Crippen LogP contribution in [-0.2, 0) is 4.74 Å². The van der Waals surface area contributed by atoms with Crippen LogP contribution < -0.4 is 4.74 Å². The lowest BCUT2D eigenvalue weighted by molar-refractivity contribution is -0.0989. The standard InChI is InChI=1S/C18H25N3O3/c1-23-17-10-19-6-4-14(17)18(22)21-7-5-16-15(12-21)20(8-9-24-16)11-13-2-3-13/h4,6,10,13,15-16H,2-3,5,7-9,11-12H2,1H3/t15-,16-/m0/s1. The Balaban J connectivity index is 1.49. The Morgan fingerprint density at radius 1 is 1.38 bits per heavy atom. The summed E-state index contributed by atoms with van der Waals surface area (Å²) in [5.74, 6) is 1.43. The van der Waals surface area contributed by atoms with E-state index in [1.54, 1.807) is 25.6 Å². The summed E-state index contributed by atoms with van der Waals surface area (Å²) in [5, 5.41) is 0. The van der Waals surface area contributed by atoms with E-state index in [0.717, 1.165) is 45.1 Å². The van der Waals surface area contributed by atoms with Crippen LogP contribution in [0.4, 0.5) is 0 Å². The van der Waals surface area contributed by atoms with Gasteiger partial charge in [0.25, 0.3) is 5.91 Å². The zero-order valence-electron chi connectivity index (χ0n) is 14.2. The van der Waals surface area contributed by atoms with Crippen LogP contribution in [0, 0.1) is 5.92 Å².